The van der Waals surface area contributed by atoms with Crippen LogP contribution in [0.25, 0.3) is 0 Å². The molecule has 0 radical (unpaired) electrons. The van der Waals surface area contributed by atoms with Gasteiger partial charge in [0.05, 0.1) is 25.3 Å². The molecule has 176 valence electrons. The second-order valence-electron chi connectivity index (χ2n) is 7.55. The van der Waals surface area contributed by atoms with E-state index in [0.29, 0.717) is 77.0 Å². The summed E-state index contributed by atoms with van der Waals surface area (Å²) in [6.07, 6.45) is -2.30. The van der Waals surface area contributed by atoms with E-state index in [1.54, 1.807) is 13.2 Å². The van der Waals surface area contributed by atoms with Gasteiger partial charge in [0.1, 0.15) is 0 Å². The van der Waals surface area contributed by atoms with Crippen molar-refractivity contribution in [1.29, 1.82) is 0 Å². The van der Waals surface area contributed by atoms with Crippen LogP contribution in [0.5, 0.6) is 0 Å². The molecule has 0 unspecified atom stereocenters. The first-order valence-corrected chi connectivity index (χ1v) is 10.8. The van der Waals surface area contributed by atoms with Crippen molar-refractivity contribution in [2.45, 2.75) is 37.8 Å². The van der Waals surface area contributed by atoms with Crippen molar-refractivity contribution in [2.75, 3.05) is 59.8 Å². The van der Waals surface area contributed by atoms with Gasteiger partial charge in [-0.1, -0.05) is 18.2 Å². The fourth-order valence-electron chi connectivity index (χ4n) is 3.52. The Bertz CT molecular complexity index is 677. The van der Waals surface area contributed by atoms with Crippen molar-refractivity contribution in [3.8, 4) is 0 Å². The predicted octanol–water partition coefficient (Wildman–Crippen LogP) is 3.36. The average Bonchev–Trinajstić information content (AvgIpc) is 2.77. The van der Waals surface area contributed by atoms with E-state index in [1.807, 2.05) is 6.92 Å². The second-order valence-corrected chi connectivity index (χ2v) is 7.55. The standard InChI is InChI=1S/C22H34F3N3O3/c1-3-26-20(27-10-5-11-30-15-14-29-2)28-17-21(8-12-31-13-9-21)18-6-4-7-19(16-18)22(23,24)25/h4,6-7,16H,3,5,8-15,17H2,1-2H3,(H2,26,27,28). The minimum absolute atomic E-state index is 0.386. The highest BCUT2D eigenvalue weighted by Gasteiger charge is 2.37. The number of nitrogens with zero attached hydrogens (tertiary/aromatic N) is 1. The van der Waals surface area contributed by atoms with Crippen LogP contribution in [0, 0.1) is 0 Å². The molecule has 1 aromatic carbocycles. The number of hydrogen-bond donors (Lipinski definition) is 2. The normalized spacial score (nSPS) is 16.9. The van der Waals surface area contributed by atoms with E-state index >= 15 is 0 Å². The van der Waals surface area contributed by atoms with E-state index in [-0.39, 0.29) is 0 Å². The largest absolute Gasteiger partial charge is 0.416 e. The van der Waals surface area contributed by atoms with Gasteiger partial charge in [0.25, 0.3) is 0 Å². The van der Waals surface area contributed by atoms with Crippen LogP contribution in [0.4, 0.5) is 13.2 Å². The molecular formula is C22H34F3N3O3. The number of methoxy groups -OCH3 is 1. The zero-order chi connectivity index (χ0) is 22.6. The first-order chi connectivity index (χ1) is 14.9. The fourth-order valence-corrected chi connectivity index (χ4v) is 3.52. The quantitative estimate of drug-likeness (QED) is 0.311. The van der Waals surface area contributed by atoms with Crippen LogP contribution in [0.1, 0.15) is 37.3 Å². The predicted molar refractivity (Wildman–Crippen MR) is 114 cm³/mol. The molecule has 0 spiro atoms. The molecule has 1 fully saturated rings. The molecule has 0 atom stereocenters. The number of hydrogen-bond acceptors (Lipinski definition) is 4. The molecule has 2 N–H and O–H groups in total. The Morgan fingerprint density at radius 3 is 2.61 bits per heavy atom. The Morgan fingerprint density at radius 1 is 1.16 bits per heavy atom. The summed E-state index contributed by atoms with van der Waals surface area (Å²) >= 11 is 0. The number of benzene rings is 1. The van der Waals surface area contributed by atoms with Crippen molar-refractivity contribution in [3.63, 3.8) is 0 Å². The summed E-state index contributed by atoms with van der Waals surface area (Å²) in [5.41, 5.74) is -0.444. The van der Waals surface area contributed by atoms with Gasteiger partial charge in [-0.3, -0.25) is 4.99 Å². The summed E-state index contributed by atoms with van der Waals surface area (Å²) in [5, 5.41) is 6.48. The van der Waals surface area contributed by atoms with E-state index in [4.69, 9.17) is 19.2 Å². The van der Waals surface area contributed by atoms with Gasteiger partial charge in [-0.05, 0) is 37.8 Å². The molecule has 31 heavy (non-hydrogen) atoms. The van der Waals surface area contributed by atoms with Crippen LogP contribution in [0.15, 0.2) is 29.3 Å². The topological polar surface area (TPSA) is 64.1 Å². The molecule has 0 bridgehead atoms. The molecule has 1 aromatic rings. The molecule has 1 aliphatic heterocycles. The van der Waals surface area contributed by atoms with E-state index in [1.165, 1.54) is 12.1 Å². The first kappa shape index (κ1) is 25.4. The van der Waals surface area contributed by atoms with Crippen LogP contribution in [0.2, 0.25) is 0 Å². The zero-order valence-corrected chi connectivity index (χ0v) is 18.4. The monoisotopic (exact) mass is 445 g/mol. The van der Waals surface area contributed by atoms with Crippen LogP contribution in [-0.2, 0) is 25.8 Å². The number of rotatable bonds is 11. The van der Waals surface area contributed by atoms with Crippen molar-refractivity contribution in [3.05, 3.63) is 35.4 Å². The molecule has 1 aliphatic rings. The fraction of sp³-hybridized carbons (Fsp3) is 0.682. The van der Waals surface area contributed by atoms with Gasteiger partial charge < -0.3 is 24.8 Å². The zero-order valence-electron chi connectivity index (χ0n) is 18.4. The molecule has 1 heterocycles. The van der Waals surface area contributed by atoms with Crippen LogP contribution in [-0.4, -0.2) is 65.7 Å². The molecular weight excluding hydrogens is 411 g/mol. The Morgan fingerprint density at radius 2 is 1.94 bits per heavy atom. The third-order valence-corrected chi connectivity index (χ3v) is 5.33. The maximum absolute atomic E-state index is 13.3. The maximum Gasteiger partial charge on any atom is 0.416 e. The highest BCUT2D eigenvalue weighted by molar-refractivity contribution is 5.79. The van der Waals surface area contributed by atoms with Gasteiger partial charge in [-0.25, -0.2) is 0 Å². The van der Waals surface area contributed by atoms with Gasteiger partial charge in [-0.15, -0.1) is 0 Å². The Hall–Kier alpha value is -1.84. The van der Waals surface area contributed by atoms with E-state index < -0.39 is 17.2 Å². The van der Waals surface area contributed by atoms with Gasteiger partial charge in [0.15, 0.2) is 5.96 Å². The lowest BCUT2D eigenvalue weighted by molar-refractivity contribution is -0.137. The summed E-state index contributed by atoms with van der Waals surface area (Å²) in [4.78, 5) is 4.72. The number of nitrogens with one attached hydrogen (secondary N) is 2. The minimum atomic E-state index is -4.37. The molecule has 2 rings (SSSR count). The SMILES string of the molecule is CCNC(=NCC1(c2cccc(C(F)(F)F)c2)CCOCC1)NCCCOCCOC. The van der Waals surface area contributed by atoms with E-state index in [0.717, 1.165) is 12.5 Å². The molecule has 0 saturated carbocycles. The Labute approximate surface area is 182 Å². The van der Waals surface area contributed by atoms with Gasteiger partial charge in [-0.2, -0.15) is 13.2 Å². The number of halogens is 3. The van der Waals surface area contributed by atoms with Crippen molar-refractivity contribution < 1.29 is 27.4 Å². The van der Waals surface area contributed by atoms with Crippen molar-refractivity contribution >= 4 is 5.96 Å². The smallest absolute Gasteiger partial charge is 0.382 e. The van der Waals surface area contributed by atoms with Crippen LogP contribution >= 0.6 is 0 Å². The lowest BCUT2D eigenvalue weighted by atomic mass is 9.74. The first-order valence-electron chi connectivity index (χ1n) is 10.8. The molecule has 9 heteroatoms. The minimum Gasteiger partial charge on any atom is -0.382 e. The number of ether oxygens (including phenoxy) is 3. The van der Waals surface area contributed by atoms with Crippen LogP contribution < -0.4 is 10.6 Å². The average molecular weight is 446 g/mol. The molecule has 6 nitrogen and oxygen atoms in total. The van der Waals surface area contributed by atoms with Gasteiger partial charge in [0, 0.05) is 45.4 Å². The van der Waals surface area contributed by atoms with Crippen molar-refractivity contribution in [1.82, 2.24) is 10.6 Å². The highest BCUT2D eigenvalue weighted by Crippen LogP contribution is 2.38. The molecule has 0 aliphatic carbocycles. The lowest BCUT2D eigenvalue weighted by Gasteiger charge is -2.37. The number of guanidine groups is 1. The van der Waals surface area contributed by atoms with Crippen LogP contribution in [0.3, 0.4) is 0 Å². The Balaban J connectivity index is 2.06. The summed E-state index contributed by atoms with van der Waals surface area (Å²) in [6, 6.07) is 5.62. The molecule has 0 aromatic heterocycles. The number of aliphatic imine (C=N–C) groups is 1. The summed E-state index contributed by atoms with van der Waals surface area (Å²) in [6.45, 7) is 6.49. The highest BCUT2D eigenvalue weighted by atomic mass is 19.4. The van der Waals surface area contributed by atoms with Gasteiger partial charge in [0.2, 0.25) is 0 Å². The summed E-state index contributed by atoms with van der Waals surface area (Å²) in [7, 11) is 1.63. The lowest BCUT2D eigenvalue weighted by Crippen LogP contribution is -2.41. The van der Waals surface area contributed by atoms with E-state index in [2.05, 4.69) is 10.6 Å². The second kappa shape index (κ2) is 12.9. The molecule has 1 saturated heterocycles. The molecule has 0 amide bonds. The summed E-state index contributed by atoms with van der Waals surface area (Å²) < 4.78 is 55.7. The van der Waals surface area contributed by atoms with Crippen molar-refractivity contribution in [2.24, 2.45) is 4.99 Å². The third-order valence-electron chi connectivity index (χ3n) is 5.33. The Kier molecular flexibility index (Phi) is 10.6. The summed E-state index contributed by atoms with van der Waals surface area (Å²) in [5.74, 6) is 0.650. The van der Waals surface area contributed by atoms with Gasteiger partial charge >= 0.3 is 6.18 Å². The maximum atomic E-state index is 13.3. The number of alkyl halides is 3. The third kappa shape index (κ3) is 8.31. The van der Waals surface area contributed by atoms with E-state index in [9.17, 15) is 13.2 Å².